The Balaban J connectivity index is 0.00000280. The molecular weight excluding hydrogens is 409 g/mol. The molecule has 29 heavy (non-hydrogen) atoms. The molecule has 2 heterocycles. The van der Waals surface area contributed by atoms with Gasteiger partial charge in [0.15, 0.2) is 0 Å². The maximum absolute atomic E-state index is 12.5. The first-order chi connectivity index (χ1) is 12.8. The number of hydrogen-bond donors (Lipinski definition) is 4. The summed E-state index contributed by atoms with van der Waals surface area (Å²) in [6.07, 6.45) is 3.39. The third-order valence-electron chi connectivity index (χ3n) is 4.40. The number of amides is 2. The van der Waals surface area contributed by atoms with Gasteiger partial charge in [0.1, 0.15) is 28.9 Å². The van der Waals surface area contributed by atoms with Crippen LogP contribution in [0.3, 0.4) is 0 Å². The number of allylic oxidation sites excluding steroid dienone is 2. The molecule has 0 aromatic heterocycles. The average molecular weight is 431 g/mol. The van der Waals surface area contributed by atoms with E-state index in [4.69, 9.17) is 5.73 Å². The van der Waals surface area contributed by atoms with Crippen LogP contribution in [0.5, 0.6) is 5.75 Å². The third-order valence-corrected chi connectivity index (χ3v) is 5.70. The standard InChI is InChI=1S/C18H19N3O5S.Na.H2O.H/c1-2-3-10-8-27-17-13(16(24)21(17)14(10)18(25)26)20-15(23)12(19)9-4-6-11(22)7-5-9;;;/h2-7,12-13,17,22H,8,19H2,1H3,(H,20,23)(H,25,26);;1H2;/q;+1;;-1/b3-2-;;;/t12-,13-,17-;;;/m1.../s1. The molecule has 0 saturated carbocycles. The molecule has 7 N–H and O–H groups in total. The van der Waals surface area contributed by atoms with Crippen molar-refractivity contribution in [3.8, 4) is 5.75 Å². The second-order valence-electron chi connectivity index (χ2n) is 6.14. The molecule has 1 aromatic carbocycles. The number of fused-ring (bicyclic) bond motifs is 1. The molecule has 3 rings (SSSR count). The minimum absolute atomic E-state index is 0. The van der Waals surface area contributed by atoms with Crippen LogP contribution in [0.4, 0.5) is 0 Å². The van der Waals surface area contributed by atoms with Gasteiger partial charge in [-0.2, -0.15) is 0 Å². The molecule has 2 aliphatic rings. The Morgan fingerprint density at radius 1 is 1.38 bits per heavy atom. The largest absolute Gasteiger partial charge is 1.00 e. The first-order valence-corrected chi connectivity index (χ1v) is 9.28. The van der Waals surface area contributed by atoms with Crippen molar-refractivity contribution >= 4 is 29.5 Å². The number of hydrogen-bond acceptors (Lipinski definition) is 6. The van der Waals surface area contributed by atoms with Crippen LogP contribution in [0.15, 0.2) is 47.7 Å². The minimum atomic E-state index is -1.17. The summed E-state index contributed by atoms with van der Waals surface area (Å²) in [5, 5.41) is 20.9. The molecule has 9 nitrogen and oxygen atoms in total. The summed E-state index contributed by atoms with van der Waals surface area (Å²) in [6.45, 7) is 1.77. The van der Waals surface area contributed by atoms with E-state index in [0.717, 1.165) is 0 Å². The second-order valence-corrected chi connectivity index (χ2v) is 7.25. The van der Waals surface area contributed by atoms with Crippen LogP contribution in [0.2, 0.25) is 0 Å². The van der Waals surface area contributed by atoms with Crippen LogP contribution in [0.1, 0.15) is 20.0 Å². The SMILES string of the molecule is C/C=C\C1=C(C(=O)O)N2C(=O)[C@@H](NC(=O)[C@H](N)c3ccc(O)cc3)[C@H]2SC1.O.[H-].[Na+]. The summed E-state index contributed by atoms with van der Waals surface area (Å²) < 4.78 is 0. The van der Waals surface area contributed by atoms with E-state index in [1.54, 1.807) is 19.1 Å². The summed E-state index contributed by atoms with van der Waals surface area (Å²) in [5.41, 5.74) is 6.93. The first kappa shape index (κ1) is 25.2. The number of nitrogens with two attached hydrogens (primary N) is 1. The van der Waals surface area contributed by atoms with Gasteiger partial charge in [0.2, 0.25) is 5.91 Å². The van der Waals surface area contributed by atoms with Crippen molar-refractivity contribution in [1.29, 1.82) is 0 Å². The molecule has 1 aromatic rings. The number of aliphatic carboxylic acids is 1. The van der Waals surface area contributed by atoms with Gasteiger partial charge in [-0.05, 0) is 30.2 Å². The number of thioether (sulfide) groups is 1. The number of nitrogens with zero attached hydrogens (tertiary/aromatic N) is 1. The summed E-state index contributed by atoms with van der Waals surface area (Å²) in [5.74, 6) is -1.71. The summed E-state index contributed by atoms with van der Waals surface area (Å²) in [7, 11) is 0. The molecule has 152 valence electrons. The zero-order valence-electron chi connectivity index (χ0n) is 17.0. The van der Waals surface area contributed by atoms with Gasteiger partial charge in [-0.15, -0.1) is 11.8 Å². The van der Waals surface area contributed by atoms with Crippen LogP contribution >= 0.6 is 11.8 Å². The first-order valence-electron chi connectivity index (χ1n) is 8.24. The molecule has 1 fully saturated rings. The predicted octanol–water partition coefficient (Wildman–Crippen LogP) is -3.00. The van der Waals surface area contributed by atoms with Crippen molar-refractivity contribution in [2.24, 2.45) is 5.73 Å². The van der Waals surface area contributed by atoms with E-state index in [-0.39, 0.29) is 47.9 Å². The van der Waals surface area contributed by atoms with E-state index in [9.17, 15) is 24.6 Å². The van der Waals surface area contributed by atoms with Crippen molar-refractivity contribution in [3.05, 3.63) is 53.3 Å². The molecular formula is C18H22N3NaO6S. The zero-order valence-corrected chi connectivity index (χ0v) is 18.8. The monoisotopic (exact) mass is 431 g/mol. The Labute approximate surface area is 195 Å². The zero-order chi connectivity index (χ0) is 19.7. The Hall–Kier alpha value is -1.82. The van der Waals surface area contributed by atoms with Gasteiger partial charge in [0.25, 0.3) is 5.91 Å². The Morgan fingerprint density at radius 2 is 2.00 bits per heavy atom. The smallest absolute Gasteiger partial charge is 1.00 e. The number of phenolic OH excluding ortho intramolecular Hbond substituents is 1. The Kier molecular flexibility index (Phi) is 8.94. The number of carboxylic acid groups (broad SMARTS) is 1. The quantitative estimate of drug-likeness (QED) is 0.285. The van der Waals surface area contributed by atoms with E-state index < -0.39 is 35.2 Å². The fourth-order valence-electron chi connectivity index (χ4n) is 3.05. The number of carbonyl (C=O) groups excluding carboxylic acids is 2. The number of nitrogens with one attached hydrogen (secondary N) is 1. The topological polar surface area (TPSA) is 164 Å². The number of phenols is 1. The molecule has 0 unspecified atom stereocenters. The second kappa shape index (κ2) is 10.3. The van der Waals surface area contributed by atoms with Crippen molar-refractivity contribution in [2.45, 2.75) is 24.4 Å². The normalized spacial score (nSPS) is 21.4. The van der Waals surface area contributed by atoms with Gasteiger partial charge < -0.3 is 28.2 Å². The molecule has 1 saturated heterocycles. The van der Waals surface area contributed by atoms with Crippen LogP contribution < -0.4 is 40.6 Å². The van der Waals surface area contributed by atoms with Gasteiger partial charge in [0, 0.05) is 5.75 Å². The fraction of sp³-hybridized carbons (Fsp3) is 0.278. The summed E-state index contributed by atoms with van der Waals surface area (Å²) >= 11 is 1.39. The van der Waals surface area contributed by atoms with Crippen molar-refractivity contribution < 1.29 is 61.1 Å². The van der Waals surface area contributed by atoms with Gasteiger partial charge >= 0.3 is 35.5 Å². The molecule has 0 spiro atoms. The minimum Gasteiger partial charge on any atom is -1.00 e. The van der Waals surface area contributed by atoms with Gasteiger partial charge in [0.05, 0.1) is 0 Å². The summed E-state index contributed by atoms with van der Waals surface area (Å²) in [4.78, 5) is 37.7. The van der Waals surface area contributed by atoms with E-state index in [1.807, 2.05) is 0 Å². The number of aromatic hydroxyl groups is 1. The molecule has 0 aliphatic carbocycles. The maximum Gasteiger partial charge on any atom is 1.00 e. The fourth-order valence-corrected chi connectivity index (χ4v) is 4.37. The Morgan fingerprint density at radius 3 is 2.55 bits per heavy atom. The molecule has 0 bridgehead atoms. The van der Waals surface area contributed by atoms with E-state index in [1.165, 1.54) is 40.9 Å². The molecule has 11 heteroatoms. The van der Waals surface area contributed by atoms with E-state index in [2.05, 4.69) is 5.32 Å². The molecule has 2 amide bonds. The van der Waals surface area contributed by atoms with Crippen LogP contribution in [0.25, 0.3) is 0 Å². The predicted molar refractivity (Wildman–Crippen MR) is 104 cm³/mol. The number of carboxylic acids is 1. The van der Waals surface area contributed by atoms with Crippen LogP contribution in [0, 0.1) is 0 Å². The molecule has 2 aliphatic heterocycles. The molecule has 0 radical (unpaired) electrons. The van der Waals surface area contributed by atoms with Crippen molar-refractivity contribution in [3.63, 3.8) is 0 Å². The Bertz CT molecular complexity index is 864. The van der Waals surface area contributed by atoms with E-state index in [0.29, 0.717) is 16.9 Å². The van der Waals surface area contributed by atoms with Crippen LogP contribution in [-0.4, -0.2) is 55.5 Å². The van der Waals surface area contributed by atoms with Gasteiger partial charge in [-0.3, -0.25) is 14.5 Å². The van der Waals surface area contributed by atoms with E-state index >= 15 is 0 Å². The summed E-state index contributed by atoms with van der Waals surface area (Å²) in [6, 6.07) is 4.06. The van der Waals surface area contributed by atoms with Gasteiger partial charge in [-0.25, -0.2) is 4.79 Å². The van der Waals surface area contributed by atoms with Gasteiger partial charge in [-0.1, -0.05) is 24.3 Å². The van der Waals surface area contributed by atoms with Crippen molar-refractivity contribution in [1.82, 2.24) is 10.2 Å². The molecule has 3 atom stereocenters. The number of rotatable bonds is 5. The van der Waals surface area contributed by atoms with Crippen molar-refractivity contribution in [2.75, 3.05) is 5.75 Å². The number of carbonyl (C=O) groups is 3. The number of β-lactam (4-membered cyclic amide) rings is 1. The number of benzene rings is 1. The maximum atomic E-state index is 12.5. The van der Waals surface area contributed by atoms with Crippen LogP contribution in [-0.2, 0) is 14.4 Å². The third kappa shape index (κ3) is 4.85. The average Bonchev–Trinajstić information content (AvgIpc) is 2.65.